The van der Waals surface area contributed by atoms with Gasteiger partial charge in [0, 0.05) is 44.0 Å². The first-order chi connectivity index (χ1) is 9.54. The number of rotatable bonds is 7. The van der Waals surface area contributed by atoms with E-state index in [2.05, 4.69) is 18.7 Å². The zero-order chi connectivity index (χ0) is 15.1. The summed E-state index contributed by atoms with van der Waals surface area (Å²) in [6, 6.07) is 7.89. The number of carbonyl (C=O) groups excluding carboxylic acids is 1. The molecule has 1 unspecified atom stereocenters. The Kier molecular flexibility index (Phi) is 6.52. The van der Waals surface area contributed by atoms with Gasteiger partial charge in [-0.2, -0.15) is 0 Å². The average molecular weight is 277 g/mol. The van der Waals surface area contributed by atoms with Gasteiger partial charge >= 0.3 is 0 Å². The molecule has 0 bridgehead atoms. The molecule has 112 valence electrons. The van der Waals surface area contributed by atoms with Crippen molar-refractivity contribution in [1.82, 2.24) is 4.90 Å². The molecule has 1 aromatic carbocycles. The Balaban J connectivity index is 2.82. The van der Waals surface area contributed by atoms with Crippen LogP contribution in [0, 0.1) is 0 Å². The summed E-state index contributed by atoms with van der Waals surface area (Å²) in [7, 11) is 1.79. The van der Waals surface area contributed by atoms with Gasteiger partial charge in [0.1, 0.15) is 0 Å². The Bertz CT molecular complexity index is 416. The fourth-order valence-corrected chi connectivity index (χ4v) is 2.12. The van der Waals surface area contributed by atoms with Gasteiger partial charge in [-0.05, 0) is 44.5 Å². The largest absolute Gasteiger partial charge is 0.372 e. The van der Waals surface area contributed by atoms with Crippen LogP contribution in [0.2, 0.25) is 0 Å². The highest BCUT2D eigenvalue weighted by atomic mass is 16.2. The lowest BCUT2D eigenvalue weighted by Crippen LogP contribution is -2.39. The molecule has 0 aromatic heterocycles. The van der Waals surface area contributed by atoms with Crippen LogP contribution in [-0.4, -0.2) is 43.5 Å². The van der Waals surface area contributed by atoms with Crippen LogP contribution in [0.15, 0.2) is 24.3 Å². The summed E-state index contributed by atoms with van der Waals surface area (Å²) >= 11 is 0. The van der Waals surface area contributed by atoms with Gasteiger partial charge in [0.15, 0.2) is 0 Å². The molecule has 20 heavy (non-hydrogen) atoms. The molecule has 1 atom stereocenters. The molecule has 0 aliphatic carbocycles. The van der Waals surface area contributed by atoms with Crippen molar-refractivity contribution in [3.05, 3.63) is 29.8 Å². The summed E-state index contributed by atoms with van der Waals surface area (Å²) in [5.74, 6) is 0.0213. The van der Waals surface area contributed by atoms with Crippen molar-refractivity contribution < 1.29 is 4.79 Å². The quantitative estimate of drug-likeness (QED) is 0.832. The molecule has 1 aromatic rings. The lowest BCUT2D eigenvalue weighted by atomic mass is 10.1. The van der Waals surface area contributed by atoms with Crippen LogP contribution in [0.5, 0.6) is 0 Å². The third kappa shape index (κ3) is 3.97. The first-order valence-corrected chi connectivity index (χ1v) is 7.37. The number of likely N-dealkylation sites (N-methyl/N-ethyl adjacent to an activating group) is 1. The zero-order valence-electron chi connectivity index (χ0n) is 13.1. The third-order valence-corrected chi connectivity index (χ3v) is 3.68. The maximum Gasteiger partial charge on any atom is 0.253 e. The van der Waals surface area contributed by atoms with E-state index >= 15 is 0 Å². The SMILES string of the molecule is CCCN(CC)c1ccc(C(=O)N(C)C(C)CN)cc1. The maximum atomic E-state index is 12.3. The highest BCUT2D eigenvalue weighted by Gasteiger charge is 2.16. The number of benzene rings is 1. The van der Waals surface area contributed by atoms with Crippen molar-refractivity contribution in [3.8, 4) is 0 Å². The number of hydrogen-bond acceptors (Lipinski definition) is 3. The number of nitrogens with two attached hydrogens (primary N) is 1. The van der Waals surface area contributed by atoms with Gasteiger partial charge in [-0.15, -0.1) is 0 Å². The minimum atomic E-state index is 0.0213. The number of anilines is 1. The van der Waals surface area contributed by atoms with Crippen molar-refractivity contribution in [1.29, 1.82) is 0 Å². The number of hydrogen-bond donors (Lipinski definition) is 1. The smallest absolute Gasteiger partial charge is 0.253 e. The highest BCUT2D eigenvalue weighted by Crippen LogP contribution is 2.16. The molecule has 4 heteroatoms. The highest BCUT2D eigenvalue weighted by molar-refractivity contribution is 5.94. The molecule has 0 aliphatic rings. The summed E-state index contributed by atoms with van der Waals surface area (Å²) in [6.07, 6.45) is 1.12. The van der Waals surface area contributed by atoms with E-state index in [1.54, 1.807) is 11.9 Å². The predicted molar refractivity (Wildman–Crippen MR) is 85.2 cm³/mol. The molecule has 2 N–H and O–H groups in total. The second-order valence-electron chi connectivity index (χ2n) is 5.13. The maximum absolute atomic E-state index is 12.3. The Morgan fingerprint density at radius 1 is 1.25 bits per heavy atom. The van der Waals surface area contributed by atoms with E-state index in [1.165, 1.54) is 5.69 Å². The van der Waals surface area contributed by atoms with Gasteiger partial charge in [0.05, 0.1) is 0 Å². The number of nitrogens with zero attached hydrogens (tertiary/aromatic N) is 2. The Morgan fingerprint density at radius 3 is 2.30 bits per heavy atom. The molecule has 0 spiro atoms. The van der Waals surface area contributed by atoms with Crippen molar-refractivity contribution in [2.75, 3.05) is 31.6 Å². The van der Waals surface area contributed by atoms with E-state index in [-0.39, 0.29) is 11.9 Å². The molecule has 0 aliphatic heterocycles. The van der Waals surface area contributed by atoms with E-state index in [0.29, 0.717) is 12.1 Å². The molecule has 4 nitrogen and oxygen atoms in total. The molecule has 1 amide bonds. The van der Waals surface area contributed by atoms with Crippen LogP contribution in [-0.2, 0) is 0 Å². The molecule has 0 saturated heterocycles. The number of amides is 1. The summed E-state index contributed by atoms with van der Waals surface area (Å²) in [5.41, 5.74) is 7.48. The topological polar surface area (TPSA) is 49.6 Å². The van der Waals surface area contributed by atoms with E-state index in [0.717, 1.165) is 19.5 Å². The summed E-state index contributed by atoms with van der Waals surface area (Å²) in [5, 5.41) is 0. The van der Waals surface area contributed by atoms with Gasteiger partial charge in [-0.3, -0.25) is 4.79 Å². The molecule has 1 rings (SSSR count). The van der Waals surface area contributed by atoms with Gasteiger partial charge in [0.25, 0.3) is 5.91 Å². The molecule has 0 fully saturated rings. The van der Waals surface area contributed by atoms with Gasteiger partial charge < -0.3 is 15.5 Å². The third-order valence-electron chi connectivity index (χ3n) is 3.68. The van der Waals surface area contributed by atoms with Crippen LogP contribution in [0.3, 0.4) is 0 Å². The zero-order valence-corrected chi connectivity index (χ0v) is 13.1. The van der Waals surface area contributed by atoms with Gasteiger partial charge in [0.2, 0.25) is 0 Å². The second kappa shape index (κ2) is 7.90. The summed E-state index contributed by atoms with van der Waals surface area (Å²) in [4.78, 5) is 16.3. The van der Waals surface area contributed by atoms with Gasteiger partial charge in [-0.25, -0.2) is 0 Å². The normalized spacial score (nSPS) is 12.1. The summed E-state index contributed by atoms with van der Waals surface area (Å²) < 4.78 is 0. The fraction of sp³-hybridized carbons (Fsp3) is 0.562. The molecule has 0 heterocycles. The van der Waals surface area contributed by atoms with E-state index in [9.17, 15) is 4.79 Å². The lowest BCUT2D eigenvalue weighted by Gasteiger charge is -2.25. The van der Waals surface area contributed by atoms with Crippen LogP contribution in [0.4, 0.5) is 5.69 Å². The first kappa shape index (κ1) is 16.5. The predicted octanol–water partition coefficient (Wildman–Crippen LogP) is 2.34. The Hall–Kier alpha value is -1.55. The van der Waals surface area contributed by atoms with Crippen LogP contribution < -0.4 is 10.6 Å². The molecular weight excluding hydrogens is 250 g/mol. The minimum absolute atomic E-state index is 0.0213. The second-order valence-corrected chi connectivity index (χ2v) is 5.13. The molecule has 0 saturated carbocycles. The Labute approximate surface area is 122 Å². The van der Waals surface area contributed by atoms with E-state index < -0.39 is 0 Å². The standard InChI is InChI=1S/C16H27N3O/c1-5-11-19(6-2)15-9-7-14(8-10-15)16(20)18(4)13(3)12-17/h7-10,13H,5-6,11-12,17H2,1-4H3. The first-order valence-electron chi connectivity index (χ1n) is 7.37. The number of carbonyl (C=O) groups is 1. The minimum Gasteiger partial charge on any atom is -0.372 e. The lowest BCUT2D eigenvalue weighted by molar-refractivity contribution is 0.0748. The Morgan fingerprint density at radius 2 is 1.85 bits per heavy atom. The van der Waals surface area contributed by atoms with Crippen molar-refractivity contribution in [3.63, 3.8) is 0 Å². The van der Waals surface area contributed by atoms with E-state index in [4.69, 9.17) is 5.73 Å². The average Bonchev–Trinajstić information content (AvgIpc) is 2.50. The van der Waals surface area contributed by atoms with Crippen molar-refractivity contribution >= 4 is 11.6 Å². The summed E-state index contributed by atoms with van der Waals surface area (Å²) in [6.45, 7) is 8.75. The van der Waals surface area contributed by atoms with Gasteiger partial charge in [-0.1, -0.05) is 6.92 Å². The van der Waals surface area contributed by atoms with E-state index in [1.807, 2.05) is 31.2 Å². The van der Waals surface area contributed by atoms with Crippen LogP contribution in [0.1, 0.15) is 37.6 Å². The van der Waals surface area contributed by atoms with Crippen molar-refractivity contribution in [2.45, 2.75) is 33.2 Å². The molecule has 0 radical (unpaired) electrons. The fourth-order valence-electron chi connectivity index (χ4n) is 2.12. The molecular formula is C16H27N3O. The van der Waals surface area contributed by atoms with Crippen LogP contribution in [0.25, 0.3) is 0 Å². The monoisotopic (exact) mass is 277 g/mol. The van der Waals surface area contributed by atoms with Crippen molar-refractivity contribution in [2.24, 2.45) is 5.73 Å². The van der Waals surface area contributed by atoms with Crippen LogP contribution >= 0.6 is 0 Å².